The maximum Gasteiger partial charge on any atom is 0.161 e. The number of nitrogens with zero attached hydrogens (tertiary/aromatic N) is 2. The van der Waals surface area contributed by atoms with Gasteiger partial charge in [-0.1, -0.05) is 0 Å². The summed E-state index contributed by atoms with van der Waals surface area (Å²) in [6, 6.07) is -0.0669. The highest BCUT2D eigenvalue weighted by Gasteiger charge is 2.27. The van der Waals surface area contributed by atoms with Gasteiger partial charge in [-0.2, -0.15) is 5.10 Å². The van der Waals surface area contributed by atoms with Gasteiger partial charge in [0, 0.05) is 19.6 Å². The molecule has 2 heterocycles. The minimum Gasteiger partial charge on any atom is -0.493 e. The minimum absolute atomic E-state index is 0.0669. The molecule has 5 nitrogen and oxygen atoms in total. The maximum atomic E-state index is 6.27. The van der Waals surface area contributed by atoms with Crippen LogP contribution in [0.15, 0.2) is 6.20 Å². The van der Waals surface area contributed by atoms with Crippen LogP contribution >= 0.6 is 0 Å². The van der Waals surface area contributed by atoms with Crippen LogP contribution in [-0.4, -0.2) is 30.1 Å². The van der Waals surface area contributed by atoms with Crippen molar-refractivity contribution in [3.05, 3.63) is 11.9 Å². The van der Waals surface area contributed by atoms with Gasteiger partial charge in [-0.05, 0) is 12.8 Å². The number of ether oxygens (including phenoxy) is 2. The first kappa shape index (κ1) is 11.4. The second kappa shape index (κ2) is 4.84. The summed E-state index contributed by atoms with van der Waals surface area (Å²) in [6.07, 6.45) is 3.90. The third kappa shape index (κ3) is 2.05. The number of nitrogens with two attached hydrogens (primary N) is 1. The molecule has 0 saturated carbocycles. The van der Waals surface area contributed by atoms with E-state index in [-0.39, 0.29) is 6.04 Å². The smallest absolute Gasteiger partial charge is 0.161 e. The molecule has 0 spiro atoms. The van der Waals surface area contributed by atoms with E-state index >= 15 is 0 Å². The Morgan fingerprint density at radius 3 is 3.12 bits per heavy atom. The number of hydrogen-bond donors (Lipinski definition) is 1. The van der Waals surface area contributed by atoms with Crippen LogP contribution in [0.5, 0.6) is 5.75 Å². The van der Waals surface area contributed by atoms with Gasteiger partial charge >= 0.3 is 0 Å². The summed E-state index contributed by atoms with van der Waals surface area (Å²) in [5, 5.41) is 4.17. The van der Waals surface area contributed by atoms with Crippen LogP contribution in [-0.2, 0) is 11.8 Å². The van der Waals surface area contributed by atoms with E-state index in [1.165, 1.54) is 0 Å². The zero-order valence-electron chi connectivity index (χ0n) is 9.85. The van der Waals surface area contributed by atoms with E-state index in [0.717, 1.165) is 37.5 Å². The molecule has 16 heavy (non-hydrogen) atoms. The SMILES string of the molecule is COc1cnn(C)c1C(N)C1CCCOC1. The molecule has 2 unspecified atom stereocenters. The first-order valence-electron chi connectivity index (χ1n) is 5.63. The maximum absolute atomic E-state index is 6.27. The summed E-state index contributed by atoms with van der Waals surface area (Å²) in [6.45, 7) is 1.58. The molecule has 0 amide bonds. The second-order valence-corrected chi connectivity index (χ2v) is 4.22. The van der Waals surface area contributed by atoms with Crippen molar-refractivity contribution in [2.24, 2.45) is 18.7 Å². The fraction of sp³-hybridized carbons (Fsp3) is 0.727. The fourth-order valence-corrected chi connectivity index (χ4v) is 2.24. The van der Waals surface area contributed by atoms with Crippen molar-refractivity contribution in [1.29, 1.82) is 0 Å². The Bertz CT molecular complexity index is 345. The predicted octanol–water partition coefficient (Wildman–Crippen LogP) is 0.855. The molecule has 90 valence electrons. The van der Waals surface area contributed by atoms with Gasteiger partial charge in [-0.3, -0.25) is 4.68 Å². The van der Waals surface area contributed by atoms with Gasteiger partial charge in [0.2, 0.25) is 0 Å². The Morgan fingerprint density at radius 1 is 1.69 bits per heavy atom. The number of aromatic nitrogens is 2. The molecule has 1 fully saturated rings. The van der Waals surface area contributed by atoms with Crippen molar-refractivity contribution in [1.82, 2.24) is 9.78 Å². The summed E-state index contributed by atoms with van der Waals surface area (Å²) in [4.78, 5) is 0. The Labute approximate surface area is 95.5 Å². The fourth-order valence-electron chi connectivity index (χ4n) is 2.24. The Kier molecular flexibility index (Phi) is 3.46. The lowest BCUT2D eigenvalue weighted by molar-refractivity contribution is 0.0434. The summed E-state index contributed by atoms with van der Waals surface area (Å²) in [5.41, 5.74) is 7.23. The highest BCUT2D eigenvalue weighted by molar-refractivity contribution is 5.28. The first-order chi connectivity index (χ1) is 7.74. The van der Waals surface area contributed by atoms with Crippen LogP contribution in [0.1, 0.15) is 24.6 Å². The number of rotatable bonds is 3. The van der Waals surface area contributed by atoms with Crippen LogP contribution in [0.25, 0.3) is 0 Å². The monoisotopic (exact) mass is 225 g/mol. The van der Waals surface area contributed by atoms with Crippen LogP contribution in [0.2, 0.25) is 0 Å². The molecule has 0 aromatic carbocycles. The summed E-state index contributed by atoms with van der Waals surface area (Å²) in [5.74, 6) is 1.12. The highest BCUT2D eigenvalue weighted by atomic mass is 16.5. The van der Waals surface area contributed by atoms with Gasteiger partial charge in [0.25, 0.3) is 0 Å². The van der Waals surface area contributed by atoms with Crippen molar-refractivity contribution in [2.45, 2.75) is 18.9 Å². The average molecular weight is 225 g/mol. The molecule has 0 radical (unpaired) electrons. The summed E-state index contributed by atoms with van der Waals surface area (Å²) < 4.78 is 12.5. The van der Waals surface area contributed by atoms with Gasteiger partial charge in [0.15, 0.2) is 5.75 Å². The zero-order chi connectivity index (χ0) is 11.5. The van der Waals surface area contributed by atoms with Gasteiger partial charge in [0.1, 0.15) is 0 Å². The zero-order valence-corrected chi connectivity index (χ0v) is 9.85. The molecular weight excluding hydrogens is 206 g/mol. The summed E-state index contributed by atoms with van der Waals surface area (Å²) >= 11 is 0. The van der Waals surface area contributed by atoms with Crippen LogP contribution in [0.4, 0.5) is 0 Å². The molecule has 2 rings (SSSR count). The normalized spacial score (nSPS) is 23.1. The van der Waals surface area contributed by atoms with Gasteiger partial charge in [0.05, 0.1) is 31.6 Å². The Morgan fingerprint density at radius 2 is 2.50 bits per heavy atom. The van der Waals surface area contributed by atoms with Crippen molar-refractivity contribution in [2.75, 3.05) is 20.3 Å². The number of methoxy groups -OCH3 is 1. The van der Waals surface area contributed by atoms with Crippen LogP contribution in [0, 0.1) is 5.92 Å². The highest BCUT2D eigenvalue weighted by Crippen LogP contribution is 2.31. The molecule has 1 aliphatic heterocycles. The quantitative estimate of drug-likeness (QED) is 0.828. The molecule has 0 bridgehead atoms. The lowest BCUT2D eigenvalue weighted by Crippen LogP contribution is -2.30. The van der Waals surface area contributed by atoms with Crippen LogP contribution in [0.3, 0.4) is 0 Å². The van der Waals surface area contributed by atoms with Gasteiger partial charge in [-0.25, -0.2) is 0 Å². The molecule has 1 aromatic heterocycles. The lowest BCUT2D eigenvalue weighted by atomic mass is 9.92. The molecule has 1 aliphatic rings. The van der Waals surface area contributed by atoms with Gasteiger partial charge in [-0.15, -0.1) is 0 Å². The van der Waals surface area contributed by atoms with E-state index in [0.29, 0.717) is 5.92 Å². The molecule has 5 heteroatoms. The average Bonchev–Trinajstić information content (AvgIpc) is 2.70. The third-order valence-corrected chi connectivity index (χ3v) is 3.19. The largest absolute Gasteiger partial charge is 0.493 e. The molecular formula is C11H19N3O2. The second-order valence-electron chi connectivity index (χ2n) is 4.22. The van der Waals surface area contributed by atoms with E-state index in [1.807, 2.05) is 7.05 Å². The van der Waals surface area contributed by atoms with E-state index < -0.39 is 0 Å². The minimum atomic E-state index is -0.0669. The predicted molar refractivity (Wildman–Crippen MR) is 60.2 cm³/mol. The molecule has 2 atom stereocenters. The number of aryl methyl sites for hydroxylation is 1. The molecule has 0 aliphatic carbocycles. The standard InChI is InChI=1S/C11H19N3O2/c1-14-11(9(15-2)6-13-14)10(12)8-4-3-5-16-7-8/h6,8,10H,3-5,7,12H2,1-2H3. The van der Waals surface area contributed by atoms with Crippen molar-refractivity contribution >= 4 is 0 Å². The van der Waals surface area contributed by atoms with E-state index in [9.17, 15) is 0 Å². The Balaban J connectivity index is 2.18. The van der Waals surface area contributed by atoms with Crippen molar-refractivity contribution < 1.29 is 9.47 Å². The molecule has 1 aromatic rings. The van der Waals surface area contributed by atoms with E-state index in [2.05, 4.69) is 5.10 Å². The van der Waals surface area contributed by atoms with E-state index in [4.69, 9.17) is 15.2 Å². The lowest BCUT2D eigenvalue weighted by Gasteiger charge is -2.27. The van der Waals surface area contributed by atoms with Gasteiger partial charge < -0.3 is 15.2 Å². The van der Waals surface area contributed by atoms with E-state index in [1.54, 1.807) is 18.0 Å². The molecule has 1 saturated heterocycles. The first-order valence-corrected chi connectivity index (χ1v) is 5.63. The van der Waals surface area contributed by atoms with Crippen molar-refractivity contribution in [3.8, 4) is 5.75 Å². The topological polar surface area (TPSA) is 62.3 Å². The van der Waals surface area contributed by atoms with Crippen molar-refractivity contribution in [3.63, 3.8) is 0 Å². The third-order valence-electron chi connectivity index (χ3n) is 3.19. The molecule has 2 N–H and O–H groups in total. The Hall–Kier alpha value is -1.07. The number of hydrogen-bond acceptors (Lipinski definition) is 4. The van der Waals surface area contributed by atoms with Crippen LogP contribution < -0.4 is 10.5 Å². The summed E-state index contributed by atoms with van der Waals surface area (Å²) in [7, 11) is 3.53.